The van der Waals surface area contributed by atoms with Gasteiger partial charge in [-0.05, 0) is 24.5 Å². The van der Waals surface area contributed by atoms with E-state index in [9.17, 15) is 0 Å². The molecule has 0 saturated carbocycles. The highest BCUT2D eigenvalue weighted by Gasteiger charge is 2.12. The van der Waals surface area contributed by atoms with Gasteiger partial charge >= 0.3 is 0 Å². The van der Waals surface area contributed by atoms with Crippen molar-refractivity contribution < 1.29 is 4.74 Å². The lowest BCUT2D eigenvalue weighted by molar-refractivity contribution is 0.122. The Morgan fingerprint density at radius 1 is 1.04 bits per heavy atom. The topological polar surface area (TPSA) is 55.2 Å². The van der Waals surface area contributed by atoms with Gasteiger partial charge in [-0.3, -0.25) is 0 Å². The van der Waals surface area contributed by atoms with Crippen LogP contribution in [0.5, 0.6) is 0 Å². The molecule has 6 nitrogen and oxygen atoms in total. The number of aryl methyl sites for hydroxylation is 2. The van der Waals surface area contributed by atoms with Gasteiger partial charge in [0.15, 0.2) is 0 Å². The Hall–Kier alpha value is -1.92. The summed E-state index contributed by atoms with van der Waals surface area (Å²) in [6.07, 6.45) is 9.17. The van der Waals surface area contributed by atoms with E-state index < -0.39 is 0 Å². The Balaban J connectivity index is 1.28. The van der Waals surface area contributed by atoms with E-state index >= 15 is 0 Å². The smallest absolute Gasteiger partial charge is 0.128 e. The maximum atomic E-state index is 5.39. The number of anilines is 1. The molecule has 0 radical (unpaired) electrons. The first-order valence-corrected chi connectivity index (χ1v) is 9.42. The van der Waals surface area contributed by atoms with Crippen LogP contribution in [0.4, 0.5) is 5.82 Å². The van der Waals surface area contributed by atoms with Crippen LogP contribution in [0.3, 0.4) is 0 Å². The van der Waals surface area contributed by atoms with Crippen LogP contribution in [-0.2, 0) is 30.8 Å². The monoisotopic (exact) mass is 341 g/mol. The van der Waals surface area contributed by atoms with Crippen molar-refractivity contribution in [2.45, 2.75) is 45.3 Å². The molecule has 2 aliphatic heterocycles. The van der Waals surface area contributed by atoms with Crippen LogP contribution in [0.25, 0.3) is 0 Å². The molecule has 0 atom stereocenters. The highest BCUT2D eigenvalue weighted by Crippen LogP contribution is 2.15. The van der Waals surface area contributed by atoms with Crippen molar-refractivity contribution in [3.05, 3.63) is 41.6 Å². The molecule has 4 rings (SSSR count). The molecule has 0 amide bonds. The predicted octanol–water partition coefficient (Wildman–Crippen LogP) is 2.13. The molecule has 2 aliphatic rings. The molecule has 0 bridgehead atoms. The number of hydrogen-bond acceptors (Lipinski definition) is 5. The summed E-state index contributed by atoms with van der Waals surface area (Å²) in [7, 11) is 0. The Morgan fingerprint density at radius 2 is 1.96 bits per heavy atom. The first-order chi connectivity index (χ1) is 12.4. The molecule has 25 heavy (non-hydrogen) atoms. The van der Waals surface area contributed by atoms with E-state index in [-0.39, 0.29) is 0 Å². The Kier molecular flexibility index (Phi) is 5.28. The van der Waals surface area contributed by atoms with Crippen LogP contribution in [0, 0.1) is 0 Å². The normalized spacial score (nSPS) is 18.0. The zero-order valence-electron chi connectivity index (χ0n) is 14.8. The summed E-state index contributed by atoms with van der Waals surface area (Å²) < 4.78 is 7.73. The molecule has 1 fully saturated rings. The summed E-state index contributed by atoms with van der Waals surface area (Å²) in [4.78, 5) is 11.7. The molecule has 6 heteroatoms. The van der Waals surface area contributed by atoms with Crippen LogP contribution >= 0.6 is 0 Å². The number of pyridine rings is 1. The maximum Gasteiger partial charge on any atom is 0.128 e. The summed E-state index contributed by atoms with van der Waals surface area (Å²) in [5.74, 6) is 2.30. The van der Waals surface area contributed by atoms with Gasteiger partial charge in [-0.2, -0.15) is 0 Å². The summed E-state index contributed by atoms with van der Waals surface area (Å²) in [5, 5.41) is 3.49. The van der Waals surface area contributed by atoms with E-state index in [2.05, 4.69) is 38.1 Å². The average molecular weight is 341 g/mol. The van der Waals surface area contributed by atoms with Crippen molar-refractivity contribution in [2.75, 3.05) is 31.2 Å². The fourth-order valence-electron chi connectivity index (χ4n) is 3.57. The Labute approximate surface area is 149 Å². The van der Waals surface area contributed by atoms with Crippen LogP contribution in [0.15, 0.2) is 24.5 Å². The van der Waals surface area contributed by atoms with Crippen LogP contribution < -0.4 is 10.2 Å². The van der Waals surface area contributed by atoms with Crippen molar-refractivity contribution in [1.82, 2.24) is 19.9 Å². The number of morpholine rings is 1. The third kappa shape index (κ3) is 4.19. The van der Waals surface area contributed by atoms with Gasteiger partial charge < -0.3 is 19.5 Å². The molecule has 4 heterocycles. The van der Waals surface area contributed by atoms with E-state index in [4.69, 9.17) is 9.72 Å². The molecule has 1 N–H and O–H groups in total. The number of nitrogens with one attached hydrogen (secondary N) is 1. The molecule has 0 unspecified atom stereocenters. The van der Waals surface area contributed by atoms with Gasteiger partial charge in [0.1, 0.15) is 11.6 Å². The molecule has 134 valence electrons. The number of nitrogens with zero attached hydrogens (tertiary/aromatic N) is 4. The van der Waals surface area contributed by atoms with Gasteiger partial charge in [-0.15, -0.1) is 0 Å². The van der Waals surface area contributed by atoms with Crippen molar-refractivity contribution in [3.63, 3.8) is 0 Å². The first-order valence-electron chi connectivity index (χ1n) is 9.42. The SMILES string of the molecule is c1cc(N2CCOCC2)ncc1CNCc1cn2c(n1)CCCCC2. The van der Waals surface area contributed by atoms with Gasteiger partial charge in [0.05, 0.1) is 18.9 Å². The lowest BCUT2D eigenvalue weighted by Gasteiger charge is -2.27. The second-order valence-electron chi connectivity index (χ2n) is 6.88. The highest BCUT2D eigenvalue weighted by molar-refractivity contribution is 5.39. The lowest BCUT2D eigenvalue weighted by Crippen LogP contribution is -2.36. The van der Waals surface area contributed by atoms with Gasteiger partial charge in [-0.25, -0.2) is 9.97 Å². The summed E-state index contributed by atoms with van der Waals surface area (Å²) in [6, 6.07) is 4.27. The highest BCUT2D eigenvalue weighted by atomic mass is 16.5. The number of rotatable bonds is 5. The van der Waals surface area contributed by atoms with Crippen molar-refractivity contribution in [3.8, 4) is 0 Å². The van der Waals surface area contributed by atoms with Gasteiger partial charge in [0, 0.05) is 51.5 Å². The summed E-state index contributed by atoms with van der Waals surface area (Å²) in [6.45, 7) is 6.18. The zero-order valence-corrected chi connectivity index (χ0v) is 14.8. The molecule has 2 aromatic heterocycles. The maximum absolute atomic E-state index is 5.39. The van der Waals surface area contributed by atoms with Gasteiger partial charge in [-0.1, -0.05) is 12.5 Å². The van der Waals surface area contributed by atoms with Crippen LogP contribution in [-0.4, -0.2) is 40.8 Å². The zero-order chi connectivity index (χ0) is 16.9. The van der Waals surface area contributed by atoms with Crippen LogP contribution in [0.2, 0.25) is 0 Å². The quantitative estimate of drug-likeness (QED) is 0.903. The average Bonchev–Trinajstić information content (AvgIpc) is 2.92. The standard InChI is InChI=1S/C19H27N5O/c1-2-4-19-22-17(15-24(19)7-3-1)14-20-12-16-5-6-18(21-13-16)23-8-10-25-11-9-23/h5-6,13,15,20H,1-4,7-12,14H2. The Bertz CT molecular complexity index is 652. The third-order valence-electron chi connectivity index (χ3n) is 4.99. The van der Waals surface area contributed by atoms with Crippen molar-refractivity contribution in [1.29, 1.82) is 0 Å². The number of hydrogen-bond donors (Lipinski definition) is 1. The van der Waals surface area contributed by atoms with E-state index in [1.165, 1.54) is 30.7 Å². The number of ether oxygens (including phenoxy) is 1. The summed E-state index contributed by atoms with van der Waals surface area (Å²) in [5.41, 5.74) is 2.35. The van der Waals surface area contributed by atoms with E-state index in [1.54, 1.807) is 0 Å². The minimum absolute atomic E-state index is 0.791. The molecule has 2 aromatic rings. The van der Waals surface area contributed by atoms with Crippen molar-refractivity contribution >= 4 is 5.82 Å². The molecule has 1 saturated heterocycles. The second-order valence-corrected chi connectivity index (χ2v) is 6.88. The number of aromatic nitrogens is 3. The van der Waals surface area contributed by atoms with Crippen LogP contribution in [0.1, 0.15) is 36.3 Å². The summed E-state index contributed by atoms with van der Waals surface area (Å²) >= 11 is 0. The minimum Gasteiger partial charge on any atom is -0.378 e. The molecule has 0 aliphatic carbocycles. The molecular weight excluding hydrogens is 314 g/mol. The number of imidazole rings is 1. The molecule has 0 aromatic carbocycles. The van der Waals surface area contributed by atoms with E-state index in [0.717, 1.165) is 63.9 Å². The molecular formula is C19H27N5O. The van der Waals surface area contributed by atoms with Gasteiger partial charge in [0.2, 0.25) is 0 Å². The second kappa shape index (κ2) is 7.97. The fraction of sp³-hybridized carbons (Fsp3) is 0.579. The van der Waals surface area contributed by atoms with E-state index in [1.807, 2.05) is 6.20 Å². The van der Waals surface area contributed by atoms with Gasteiger partial charge in [0.25, 0.3) is 0 Å². The molecule has 0 spiro atoms. The fourth-order valence-corrected chi connectivity index (χ4v) is 3.57. The lowest BCUT2D eigenvalue weighted by atomic mass is 10.2. The largest absolute Gasteiger partial charge is 0.378 e. The minimum atomic E-state index is 0.791. The van der Waals surface area contributed by atoms with E-state index in [0.29, 0.717) is 0 Å². The Morgan fingerprint density at radius 3 is 2.80 bits per heavy atom. The first kappa shape index (κ1) is 16.5. The predicted molar refractivity (Wildman–Crippen MR) is 97.6 cm³/mol. The van der Waals surface area contributed by atoms with Crippen molar-refractivity contribution in [2.24, 2.45) is 0 Å². The third-order valence-corrected chi connectivity index (χ3v) is 4.99. The number of fused-ring (bicyclic) bond motifs is 1.